The highest BCUT2D eigenvalue weighted by Gasteiger charge is 2.24. The Labute approximate surface area is 127 Å². The van der Waals surface area contributed by atoms with Gasteiger partial charge >= 0.3 is 0 Å². The van der Waals surface area contributed by atoms with Gasteiger partial charge in [0.25, 0.3) is 0 Å². The Balaban J connectivity index is 2.23. The minimum atomic E-state index is -0.336. The highest BCUT2D eigenvalue weighted by Crippen LogP contribution is 2.37. The predicted octanol–water partition coefficient (Wildman–Crippen LogP) is 3.93. The van der Waals surface area contributed by atoms with Crippen molar-refractivity contribution >= 4 is 15.9 Å². The monoisotopic (exact) mass is 335 g/mol. The summed E-state index contributed by atoms with van der Waals surface area (Å²) in [5.74, 6) is 0.842. The average Bonchev–Trinajstić information content (AvgIpc) is 2.76. The van der Waals surface area contributed by atoms with E-state index in [-0.39, 0.29) is 6.10 Å². The molecule has 20 heavy (non-hydrogen) atoms. The van der Waals surface area contributed by atoms with E-state index in [1.165, 1.54) is 5.69 Å². The highest BCUT2D eigenvalue weighted by atomic mass is 79.9. The molecule has 1 atom stereocenters. The predicted molar refractivity (Wildman–Crippen MR) is 82.7 cm³/mol. The van der Waals surface area contributed by atoms with Crippen LogP contribution in [0.5, 0.6) is 5.75 Å². The van der Waals surface area contributed by atoms with Gasteiger partial charge in [-0.1, -0.05) is 15.9 Å². The normalized spacial score (nSPS) is 17.9. The van der Waals surface area contributed by atoms with Gasteiger partial charge in [-0.3, -0.25) is 0 Å². The van der Waals surface area contributed by atoms with E-state index < -0.39 is 0 Å². The Hall–Kier alpha value is -1.26. The standard InChI is InChI=1S/C16H18BrNO2/c1-10-8-12-13(4-3-5-15(12)19)18(10)14-9-11(17)6-7-16(14)20-2/h6-9,15,19H,3-5H2,1-2H3. The molecular weight excluding hydrogens is 318 g/mol. The average molecular weight is 336 g/mol. The zero-order valence-electron chi connectivity index (χ0n) is 11.7. The molecule has 1 N–H and O–H groups in total. The number of methoxy groups -OCH3 is 1. The van der Waals surface area contributed by atoms with Gasteiger partial charge in [-0.25, -0.2) is 0 Å². The molecule has 106 valence electrons. The zero-order chi connectivity index (χ0) is 14.3. The summed E-state index contributed by atoms with van der Waals surface area (Å²) in [6.45, 7) is 2.07. The molecule has 2 aromatic rings. The molecule has 1 unspecified atom stereocenters. The Morgan fingerprint density at radius 3 is 2.90 bits per heavy atom. The Bertz CT molecular complexity index is 648. The van der Waals surface area contributed by atoms with E-state index in [0.717, 1.165) is 46.4 Å². The summed E-state index contributed by atoms with van der Waals surface area (Å²) in [7, 11) is 1.69. The summed E-state index contributed by atoms with van der Waals surface area (Å²) in [6.07, 6.45) is 2.53. The first-order chi connectivity index (χ1) is 9.61. The van der Waals surface area contributed by atoms with Gasteiger partial charge < -0.3 is 14.4 Å². The molecule has 0 saturated heterocycles. The number of rotatable bonds is 2. The maximum Gasteiger partial charge on any atom is 0.142 e. The van der Waals surface area contributed by atoms with Gasteiger partial charge in [0.1, 0.15) is 5.75 Å². The van der Waals surface area contributed by atoms with Crippen LogP contribution in [0, 0.1) is 6.92 Å². The van der Waals surface area contributed by atoms with Crippen molar-refractivity contribution in [3.8, 4) is 11.4 Å². The van der Waals surface area contributed by atoms with Gasteiger partial charge in [0.2, 0.25) is 0 Å². The number of aromatic nitrogens is 1. The first-order valence-electron chi connectivity index (χ1n) is 6.85. The molecule has 0 aliphatic heterocycles. The third-order valence-corrected chi connectivity index (χ3v) is 4.45. The topological polar surface area (TPSA) is 34.4 Å². The molecule has 3 rings (SSSR count). The molecule has 0 saturated carbocycles. The molecule has 0 spiro atoms. The number of aliphatic hydroxyl groups excluding tert-OH is 1. The van der Waals surface area contributed by atoms with Crippen molar-refractivity contribution in [2.75, 3.05) is 7.11 Å². The van der Waals surface area contributed by atoms with Gasteiger partial charge in [-0.15, -0.1) is 0 Å². The minimum absolute atomic E-state index is 0.336. The van der Waals surface area contributed by atoms with Crippen LogP contribution < -0.4 is 4.74 Å². The van der Waals surface area contributed by atoms with Crippen molar-refractivity contribution in [3.63, 3.8) is 0 Å². The molecule has 4 heteroatoms. The fraction of sp³-hybridized carbons (Fsp3) is 0.375. The second-order valence-electron chi connectivity index (χ2n) is 5.25. The maximum absolute atomic E-state index is 10.2. The lowest BCUT2D eigenvalue weighted by Gasteiger charge is -2.21. The fourth-order valence-corrected chi connectivity index (χ4v) is 3.40. The van der Waals surface area contributed by atoms with Crippen molar-refractivity contribution in [1.29, 1.82) is 0 Å². The van der Waals surface area contributed by atoms with Crippen LogP contribution in [0.2, 0.25) is 0 Å². The largest absolute Gasteiger partial charge is 0.495 e. The summed E-state index contributed by atoms with van der Waals surface area (Å²) in [5.41, 5.74) is 4.43. The van der Waals surface area contributed by atoms with E-state index in [4.69, 9.17) is 4.74 Å². The van der Waals surface area contributed by atoms with Gasteiger partial charge in [-0.2, -0.15) is 0 Å². The van der Waals surface area contributed by atoms with Crippen molar-refractivity contribution in [1.82, 2.24) is 4.57 Å². The molecule has 1 aliphatic rings. The zero-order valence-corrected chi connectivity index (χ0v) is 13.3. The third-order valence-electron chi connectivity index (χ3n) is 3.95. The lowest BCUT2D eigenvalue weighted by molar-refractivity contribution is 0.156. The number of nitrogens with zero attached hydrogens (tertiary/aromatic N) is 1. The highest BCUT2D eigenvalue weighted by molar-refractivity contribution is 9.10. The summed E-state index contributed by atoms with van der Waals surface area (Å²) in [6, 6.07) is 8.10. The molecule has 1 aromatic carbocycles. The Morgan fingerprint density at radius 1 is 1.35 bits per heavy atom. The van der Waals surface area contributed by atoms with Crippen LogP contribution in [0.4, 0.5) is 0 Å². The second-order valence-corrected chi connectivity index (χ2v) is 6.16. The summed E-state index contributed by atoms with van der Waals surface area (Å²) in [4.78, 5) is 0. The van der Waals surface area contributed by atoms with E-state index in [1.54, 1.807) is 7.11 Å². The summed E-state index contributed by atoms with van der Waals surface area (Å²) in [5, 5.41) is 10.2. The van der Waals surface area contributed by atoms with Crippen molar-refractivity contribution in [2.24, 2.45) is 0 Å². The fourth-order valence-electron chi connectivity index (χ4n) is 3.05. The van der Waals surface area contributed by atoms with Crippen molar-refractivity contribution in [3.05, 3.63) is 45.7 Å². The molecule has 3 nitrogen and oxygen atoms in total. The second kappa shape index (κ2) is 5.26. The number of hydrogen-bond acceptors (Lipinski definition) is 2. The molecule has 1 heterocycles. The SMILES string of the molecule is COc1ccc(Br)cc1-n1c(C)cc2c1CCCC2O. The number of aliphatic hydroxyl groups is 1. The van der Waals surface area contributed by atoms with Crippen LogP contribution in [0.25, 0.3) is 5.69 Å². The third kappa shape index (κ3) is 2.17. The molecular formula is C16H18BrNO2. The van der Waals surface area contributed by atoms with E-state index in [9.17, 15) is 5.11 Å². The first kappa shape index (κ1) is 13.7. The summed E-state index contributed by atoms with van der Waals surface area (Å²) < 4.78 is 8.72. The van der Waals surface area contributed by atoms with Gasteiger partial charge in [0.15, 0.2) is 0 Å². The molecule has 1 aliphatic carbocycles. The van der Waals surface area contributed by atoms with Gasteiger partial charge in [-0.05, 0) is 50.5 Å². The van der Waals surface area contributed by atoms with Crippen LogP contribution in [0.15, 0.2) is 28.7 Å². The molecule has 0 radical (unpaired) electrons. The smallest absolute Gasteiger partial charge is 0.142 e. The van der Waals surface area contributed by atoms with E-state index in [1.807, 2.05) is 12.1 Å². The number of halogens is 1. The van der Waals surface area contributed by atoms with Gasteiger partial charge in [0.05, 0.1) is 18.9 Å². The van der Waals surface area contributed by atoms with Gasteiger partial charge in [0, 0.05) is 21.4 Å². The molecule has 0 bridgehead atoms. The maximum atomic E-state index is 10.2. The number of fused-ring (bicyclic) bond motifs is 1. The van der Waals surface area contributed by atoms with E-state index >= 15 is 0 Å². The van der Waals surface area contributed by atoms with Crippen LogP contribution in [0.3, 0.4) is 0 Å². The van der Waals surface area contributed by atoms with Crippen LogP contribution in [0.1, 0.15) is 35.9 Å². The van der Waals surface area contributed by atoms with Crippen molar-refractivity contribution < 1.29 is 9.84 Å². The number of ether oxygens (including phenoxy) is 1. The molecule has 0 fully saturated rings. The lowest BCUT2D eigenvalue weighted by Crippen LogP contribution is -2.12. The van der Waals surface area contributed by atoms with E-state index in [2.05, 4.69) is 39.6 Å². The number of aryl methyl sites for hydroxylation is 1. The van der Waals surface area contributed by atoms with Crippen molar-refractivity contribution in [2.45, 2.75) is 32.3 Å². The first-order valence-corrected chi connectivity index (χ1v) is 7.64. The summed E-state index contributed by atoms with van der Waals surface area (Å²) >= 11 is 3.53. The minimum Gasteiger partial charge on any atom is -0.495 e. The molecule has 1 aromatic heterocycles. The van der Waals surface area contributed by atoms with Crippen LogP contribution >= 0.6 is 15.9 Å². The quantitative estimate of drug-likeness (QED) is 0.902. The Kier molecular flexibility index (Phi) is 3.61. The number of hydrogen-bond donors (Lipinski definition) is 1. The van der Waals surface area contributed by atoms with Crippen LogP contribution in [-0.2, 0) is 6.42 Å². The number of benzene rings is 1. The lowest BCUT2D eigenvalue weighted by atomic mass is 9.95. The van der Waals surface area contributed by atoms with Crippen LogP contribution in [-0.4, -0.2) is 16.8 Å². The van der Waals surface area contributed by atoms with E-state index in [0.29, 0.717) is 0 Å². The Morgan fingerprint density at radius 2 is 2.15 bits per heavy atom. The molecule has 0 amide bonds.